The molecule has 55 heavy (non-hydrogen) atoms. The third kappa shape index (κ3) is 8.42. The monoisotopic (exact) mass is 854 g/mol. The lowest BCUT2D eigenvalue weighted by Crippen LogP contribution is -2.75. The molecule has 7 heteroatoms. The molecule has 302 valence electrons. The molecule has 0 radical (unpaired) electrons. The van der Waals surface area contributed by atoms with E-state index in [1.54, 1.807) is 63.0 Å². The smallest absolute Gasteiger partial charge is 0.0656 e. The summed E-state index contributed by atoms with van der Waals surface area (Å²) < 4.78 is 0. The van der Waals surface area contributed by atoms with Crippen molar-refractivity contribution in [1.29, 1.82) is 0 Å². The van der Waals surface area contributed by atoms with Gasteiger partial charge in [0.2, 0.25) is 0 Å². The molecule has 0 saturated heterocycles. The second-order valence-electron chi connectivity index (χ2n) is 24.0. The van der Waals surface area contributed by atoms with Crippen LogP contribution >= 0.6 is 0 Å². The molecular weight excluding hydrogens is 773 g/mol. The van der Waals surface area contributed by atoms with Crippen LogP contribution in [0.4, 0.5) is 0 Å². The Morgan fingerprint density at radius 3 is 0.709 bits per heavy atom. The molecule has 1 atom stereocenters. The Balaban J connectivity index is 2.57. The standard InChI is InChI=1S/C48H82Si7/c1-32-26-42(49(8,9)10)45(52(17,18)19)29-39(32)55(48-37(6)35(4)36(5)38(48)7,40-30-46(53(20,21)22)43(27-33(40)2)50(11,12)13)41-31-47(54(23,24)25)44(28-34(41)3)51(14,15)16/h26-31,37H,1-25H3. The number of hydrogen-bond donors (Lipinski definition) is 0. The van der Waals surface area contributed by atoms with Crippen LogP contribution < -0.4 is 46.7 Å². The number of benzene rings is 3. The van der Waals surface area contributed by atoms with Crippen LogP contribution in [0.5, 0.6) is 0 Å². The van der Waals surface area contributed by atoms with Crippen molar-refractivity contribution in [1.82, 2.24) is 0 Å². The molecule has 0 amide bonds. The first-order valence-electron chi connectivity index (χ1n) is 21.4. The normalized spacial score (nSPS) is 16.9. The Labute approximate surface area is 348 Å². The lowest BCUT2D eigenvalue weighted by Gasteiger charge is -2.44. The van der Waals surface area contributed by atoms with Crippen molar-refractivity contribution < 1.29 is 0 Å². The highest BCUT2D eigenvalue weighted by Crippen LogP contribution is 2.42. The predicted molar refractivity (Wildman–Crippen MR) is 276 cm³/mol. The third-order valence-corrected chi connectivity index (χ3v) is 31.8. The highest BCUT2D eigenvalue weighted by atomic mass is 28.3. The van der Waals surface area contributed by atoms with Crippen molar-refractivity contribution in [2.24, 2.45) is 5.92 Å². The van der Waals surface area contributed by atoms with E-state index in [4.69, 9.17) is 0 Å². The van der Waals surface area contributed by atoms with Crippen LogP contribution in [0.2, 0.25) is 118 Å². The molecule has 1 unspecified atom stereocenters. The summed E-state index contributed by atoms with van der Waals surface area (Å²) in [4.78, 5) is 0. The van der Waals surface area contributed by atoms with E-state index in [1.807, 2.05) is 0 Å². The zero-order valence-electron chi connectivity index (χ0n) is 40.5. The largest absolute Gasteiger partial charge is 0.177 e. The van der Waals surface area contributed by atoms with Crippen LogP contribution in [0.3, 0.4) is 0 Å². The van der Waals surface area contributed by atoms with E-state index >= 15 is 0 Å². The van der Waals surface area contributed by atoms with Gasteiger partial charge in [-0.1, -0.05) is 225 Å². The predicted octanol–water partition coefficient (Wildman–Crippen LogP) is 9.20. The van der Waals surface area contributed by atoms with Crippen LogP contribution in [0, 0.1) is 26.7 Å². The number of rotatable bonds is 10. The maximum atomic E-state index is 2.89. The highest BCUT2D eigenvalue weighted by molar-refractivity contribution is 7.18. The van der Waals surface area contributed by atoms with Gasteiger partial charge in [-0.2, -0.15) is 0 Å². The summed E-state index contributed by atoms with van der Waals surface area (Å²) in [5.41, 5.74) is 9.29. The Morgan fingerprint density at radius 1 is 0.309 bits per heavy atom. The summed E-state index contributed by atoms with van der Waals surface area (Å²) in [7, 11) is -13.1. The Morgan fingerprint density at radius 2 is 0.527 bits per heavy atom. The van der Waals surface area contributed by atoms with Gasteiger partial charge in [-0.15, -0.1) is 0 Å². The van der Waals surface area contributed by atoms with E-state index in [0.717, 1.165) is 0 Å². The summed E-state index contributed by atoms with van der Waals surface area (Å²) in [5.74, 6) is 0.399. The number of aryl methyl sites for hydroxylation is 3. The van der Waals surface area contributed by atoms with Crippen molar-refractivity contribution in [3.05, 3.63) is 75.0 Å². The van der Waals surface area contributed by atoms with E-state index in [-0.39, 0.29) is 0 Å². The van der Waals surface area contributed by atoms with Gasteiger partial charge in [-0.05, 0) is 68.6 Å². The average molecular weight is 856 g/mol. The number of allylic oxidation sites excluding steroid dienone is 4. The van der Waals surface area contributed by atoms with Gasteiger partial charge in [0.15, 0.2) is 8.07 Å². The Kier molecular flexibility index (Phi) is 12.4. The van der Waals surface area contributed by atoms with Crippen molar-refractivity contribution in [3.8, 4) is 0 Å². The van der Waals surface area contributed by atoms with Crippen molar-refractivity contribution in [2.45, 2.75) is 166 Å². The summed E-state index contributed by atoms with van der Waals surface area (Å²) in [6.45, 7) is 64.3. The lowest BCUT2D eigenvalue weighted by molar-refractivity contribution is 0.851. The minimum atomic E-state index is -2.96. The topological polar surface area (TPSA) is 0 Å². The van der Waals surface area contributed by atoms with Crippen molar-refractivity contribution in [2.75, 3.05) is 0 Å². The van der Waals surface area contributed by atoms with Gasteiger partial charge in [0.05, 0.1) is 48.4 Å². The second kappa shape index (κ2) is 14.7. The van der Waals surface area contributed by atoms with Crippen LogP contribution in [0.15, 0.2) is 58.3 Å². The van der Waals surface area contributed by atoms with Gasteiger partial charge in [0.1, 0.15) is 0 Å². The van der Waals surface area contributed by atoms with Gasteiger partial charge in [0, 0.05) is 0 Å². The van der Waals surface area contributed by atoms with Gasteiger partial charge >= 0.3 is 0 Å². The molecule has 0 N–H and O–H groups in total. The molecule has 3 aromatic rings. The maximum Gasteiger partial charge on any atom is 0.177 e. The lowest BCUT2D eigenvalue weighted by atomic mass is 10.1. The quantitative estimate of drug-likeness (QED) is 0.141. The first-order chi connectivity index (χ1) is 24.5. The second-order valence-corrected chi connectivity index (χ2v) is 57.8. The minimum Gasteiger partial charge on any atom is -0.0656 e. The summed E-state index contributed by atoms with van der Waals surface area (Å²) in [6.07, 6.45) is 0. The molecule has 3 aromatic carbocycles. The van der Waals surface area contributed by atoms with Crippen LogP contribution in [0.1, 0.15) is 44.4 Å². The van der Waals surface area contributed by atoms with Gasteiger partial charge in [0.25, 0.3) is 0 Å². The fourth-order valence-corrected chi connectivity index (χ4v) is 32.5. The molecule has 0 nitrogen and oxygen atoms in total. The number of hydrogen-bond acceptors (Lipinski definition) is 0. The zero-order chi connectivity index (χ0) is 42.6. The van der Waals surface area contributed by atoms with E-state index in [9.17, 15) is 0 Å². The van der Waals surface area contributed by atoms with E-state index in [2.05, 4.69) is 203 Å². The van der Waals surface area contributed by atoms with Gasteiger partial charge in [-0.3, -0.25) is 0 Å². The molecule has 4 rings (SSSR count). The summed E-state index contributed by atoms with van der Waals surface area (Å²) >= 11 is 0. The van der Waals surface area contributed by atoms with E-state index < -0.39 is 56.5 Å². The van der Waals surface area contributed by atoms with Crippen LogP contribution in [-0.4, -0.2) is 56.5 Å². The Bertz CT molecular complexity index is 1870. The van der Waals surface area contributed by atoms with Crippen molar-refractivity contribution >= 4 is 103 Å². The fraction of sp³-hybridized carbons (Fsp3) is 0.542. The highest BCUT2D eigenvalue weighted by Gasteiger charge is 2.52. The molecule has 0 bridgehead atoms. The molecule has 0 spiro atoms. The molecular formula is C48H82Si7. The van der Waals surface area contributed by atoms with Crippen molar-refractivity contribution in [3.63, 3.8) is 0 Å². The van der Waals surface area contributed by atoms with Gasteiger partial charge in [-0.25, -0.2) is 0 Å². The maximum absolute atomic E-state index is 2.96. The fourth-order valence-electron chi connectivity index (χ4n) is 9.90. The molecule has 0 heterocycles. The zero-order valence-corrected chi connectivity index (χ0v) is 47.5. The minimum absolute atomic E-state index is 0.399. The molecule has 1 aliphatic rings. The molecule has 0 aliphatic heterocycles. The van der Waals surface area contributed by atoms with E-state index in [0.29, 0.717) is 5.92 Å². The summed E-state index contributed by atoms with van der Waals surface area (Å²) in [5, 5.41) is 17.1. The first kappa shape index (κ1) is 46.3. The SMILES string of the molecule is CC1=C(C)C(C)C([Si](c2cc([Si](C)(C)C)c([Si](C)(C)C)cc2C)(c2cc([Si](C)(C)C)c([Si](C)(C)C)cc2C)c2cc([Si](C)(C)C)c([Si](C)(C)C)cc2C)=C1C. The molecule has 1 aliphatic carbocycles. The van der Waals surface area contributed by atoms with Crippen LogP contribution in [-0.2, 0) is 0 Å². The molecule has 0 aromatic heterocycles. The van der Waals surface area contributed by atoms with Crippen LogP contribution in [0.25, 0.3) is 0 Å². The first-order valence-corrected chi connectivity index (χ1v) is 44.4. The Hall–Kier alpha value is -1.34. The molecule has 0 fully saturated rings. The summed E-state index contributed by atoms with van der Waals surface area (Å²) in [6, 6.07) is 16.9. The third-order valence-electron chi connectivity index (χ3n) is 13.2. The average Bonchev–Trinajstić information content (AvgIpc) is 3.17. The van der Waals surface area contributed by atoms with Gasteiger partial charge < -0.3 is 0 Å². The van der Waals surface area contributed by atoms with E-state index in [1.165, 1.54) is 22.3 Å². The molecule has 0 saturated carbocycles.